The van der Waals surface area contributed by atoms with E-state index >= 15 is 0 Å². The van der Waals surface area contributed by atoms with Gasteiger partial charge in [0.05, 0.1) is 25.6 Å². The van der Waals surface area contributed by atoms with E-state index < -0.39 is 0 Å². The van der Waals surface area contributed by atoms with Crippen molar-refractivity contribution in [3.63, 3.8) is 0 Å². The molecule has 0 atom stereocenters. The highest BCUT2D eigenvalue weighted by atomic mass is 79.9. The van der Waals surface area contributed by atoms with Crippen LogP contribution in [-0.4, -0.2) is 39.4 Å². The number of methoxy groups -OCH3 is 2. The molecule has 4 rings (SSSR count). The van der Waals surface area contributed by atoms with Crippen molar-refractivity contribution in [2.24, 2.45) is 0 Å². The van der Waals surface area contributed by atoms with Gasteiger partial charge in [0.25, 0.3) is 5.89 Å². The Morgan fingerprint density at radius 2 is 1.82 bits per heavy atom. The molecule has 4 aromatic rings. The number of benzene rings is 2. The first-order valence-electron chi connectivity index (χ1n) is 8.36. The molecule has 0 fully saturated rings. The average molecular weight is 442 g/mol. The molecule has 0 unspecified atom stereocenters. The molecular formula is C19H16BrN5O3. The molecule has 8 nitrogen and oxygen atoms in total. The lowest BCUT2D eigenvalue weighted by atomic mass is 10.2. The number of halogens is 1. The molecule has 0 spiro atoms. The van der Waals surface area contributed by atoms with Crippen LogP contribution in [0.1, 0.15) is 5.69 Å². The fourth-order valence-corrected chi connectivity index (χ4v) is 3.24. The summed E-state index contributed by atoms with van der Waals surface area (Å²) in [6.45, 7) is 1.90. The van der Waals surface area contributed by atoms with Gasteiger partial charge in [0.2, 0.25) is 5.82 Å². The zero-order valence-electron chi connectivity index (χ0n) is 15.4. The number of nitrogens with zero attached hydrogens (tertiary/aromatic N) is 5. The first kappa shape index (κ1) is 18.2. The van der Waals surface area contributed by atoms with Crippen LogP contribution >= 0.6 is 15.9 Å². The Hall–Kier alpha value is -3.20. The van der Waals surface area contributed by atoms with Gasteiger partial charge in [-0.1, -0.05) is 22.5 Å². The van der Waals surface area contributed by atoms with Gasteiger partial charge in [-0.2, -0.15) is 4.98 Å². The van der Waals surface area contributed by atoms with E-state index in [1.54, 1.807) is 31.0 Å². The van der Waals surface area contributed by atoms with Crippen LogP contribution in [-0.2, 0) is 0 Å². The van der Waals surface area contributed by atoms with Crippen molar-refractivity contribution in [3.8, 4) is 40.2 Å². The van der Waals surface area contributed by atoms with E-state index in [-0.39, 0.29) is 0 Å². The first-order valence-corrected chi connectivity index (χ1v) is 9.15. The lowest BCUT2D eigenvalue weighted by molar-refractivity contribution is 0.355. The molecule has 142 valence electrons. The van der Waals surface area contributed by atoms with Gasteiger partial charge < -0.3 is 14.0 Å². The lowest BCUT2D eigenvalue weighted by Gasteiger charge is -2.07. The third-order valence-corrected chi connectivity index (χ3v) is 4.92. The van der Waals surface area contributed by atoms with Gasteiger partial charge in [-0.3, -0.25) is 0 Å². The van der Waals surface area contributed by atoms with Gasteiger partial charge in [0.1, 0.15) is 0 Å². The highest BCUT2D eigenvalue weighted by Gasteiger charge is 2.20. The zero-order chi connectivity index (χ0) is 19.7. The van der Waals surface area contributed by atoms with Crippen molar-refractivity contribution < 1.29 is 14.0 Å². The Morgan fingerprint density at radius 1 is 1.04 bits per heavy atom. The van der Waals surface area contributed by atoms with Crippen molar-refractivity contribution in [2.75, 3.05) is 14.2 Å². The van der Waals surface area contributed by atoms with Crippen LogP contribution in [0.2, 0.25) is 0 Å². The largest absolute Gasteiger partial charge is 0.493 e. The van der Waals surface area contributed by atoms with Crippen LogP contribution in [0.3, 0.4) is 0 Å². The normalized spacial score (nSPS) is 10.9. The molecule has 9 heteroatoms. The topological polar surface area (TPSA) is 88.1 Å². The summed E-state index contributed by atoms with van der Waals surface area (Å²) in [5.74, 6) is 1.93. The van der Waals surface area contributed by atoms with Crippen molar-refractivity contribution in [1.82, 2.24) is 25.1 Å². The molecule has 0 aliphatic heterocycles. The molecular weight excluding hydrogens is 426 g/mol. The van der Waals surface area contributed by atoms with Crippen molar-refractivity contribution in [3.05, 3.63) is 52.6 Å². The highest BCUT2D eigenvalue weighted by Crippen LogP contribution is 2.32. The molecule has 2 heterocycles. The molecule has 0 N–H and O–H groups in total. The van der Waals surface area contributed by atoms with E-state index in [0.717, 1.165) is 21.4 Å². The quantitative estimate of drug-likeness (QED) is 0.460. The maximum atomic E-state index is 5.43. The predicted octanol–water partition coefficient (Wildman–Crippen LogP) is 4.07. The standard InChI is InChI=1S/C19H16BrN5O3/c1-11-17(22-24-25(11)14-7-5-4-6-13(14)20)19-21-18(23-28-19)12-8-9-15(26-2)16(10-12)27-3/h4-10H,1-3H3. The molecule has 28 heavy (non-hydrogen) atoms. The molecule has 0 radical (unpaired) electrons. The lowest BCUT2D eigenvalue weighted by Crippen LogP contribution is -1.99. The van der Waals surface area contributed by atoms with Gasteiger partial charge in [-0.15, -0.1) is 5.10 Å². The molecule has 0 saturated heterocycles. The van der Waals surface area contributed by atoms with Gasteiger partial charge in [0, 0.05) is 10.0 Å². The maximum absolute atomic E-state index is 5.43. The Balaban J connectivity index is 1.70. The van der Waals surface area contributed by atoms with Crippen molar-refractivity contribution in [2.45, 2.75) is 6.92 Å². The molecule has 0 amide bonds. The summed E-state index contributed by atoms with van der Waals surface area (Å²) in [5, 5.41) is 12.5. The Labute approximate surface area is 169 Å². The van der Waals surface area contributed by atoms with Crippen molar-refractivity contribution in [1.29, 1.82) is 0 Å². The van der Waals surface area contributed by atoms with Gasteiger partial charge in [0.15, 0.2) is 17.2 Å². The second kappa shape index (κ2) is 7.43. The molecule has 0 bridgehead atoms. The number of rotatable bonds is 5. The minimum atomic E-state index is 0.292. The molecule has 2 aromatic carbocycles. The SMILES string of the molecule is COc1ccc(-c2noc(-c3nnn(-c4ccccc4Br)c3C)n2)cc1OC. The second-order valence-electron chi connectivity index (χ2n) is 5.88. The third kappa shape index (κ3) is 3.13. The van der Waals surface area contributed by atoms with Crippen LogP contribution in [0.4, 0.5) is 0 Å². The summed E-state index contributed by atoms with van der Waals surface area (Å²) in [4.78, 5) is 4.47. The fraction of sp³-hybridized carbons (Fsp3) is 0.158. The minimum Gasteiger partial charge on any atom is -0.493 e. The average Bonchev–Trinajstić information content (AvgIpc) is 3.34. The second-order valence-corrected chi connectivity index (χ2v) is 6.73. The van der Waals surface area contributed by atoms with Crippen molar-refractivity contribution >= 4 is 15.9 Å². The van der Waals surface area contributed by atoms with Crippen LogP contribution in [0, 0.1) is 6.92 Å². The van der Waals surface area contributed by atoms with Crippen LogP contribution in [0.5, 0.6) is 11.5 Å². The number of ether oxygens (including phenoxy) is 2. The van der Waals surface area contributed by atoms with E-state index in [4.69, 9.17) is 14.0 Å². The Bertz CT molecular complexity index is 1140. The fourth-order valence-electron chi connectivity index (χ4n) is 2.79. The van der Waals surface area contributed by atoms with Crippen LogP contribution in [0.25, 0.3) is 28.7 Å². The van der Waals surface area contributed by atoms with E-state index in [0.29, 0.717) is 28.9 Å². The maximum Gasteiger partial charge on any atom is 0.280 e. The summed E-state index contributed by atoms with van der Waals surface area (Å²) in [6.07, 6.45) is 0. The number of hydrogen-bond acceptors (Lipinski definition) is 7. The minimum absolute atomic E-state index is 0.292. The van der Waals surface area contributed by atoms with E-state index in [1.807, 2.05) is 37.3 Å². The Morgan fingerprint density at radius 3 is 2.57 bits per heavy atom. The summed E-state index contributed by atoms with van der Waals surface area (Å²) < 4.78 is 18.7. The predicted molar refractivity (Wildman–Crippen MR) is 106 cm³/mol. The monoisotopic (exact) mass is 441 g/mol. The van der Waals surface area contributed by atoms with E-state index in [2.05, 4.69) is 36.4 Å². The molecule has 2 aromatic heterocycles. The zero-order valence-corrected chi connectivity index (χ0v) is 17.0. The molecule has 0 saturated carbocycles. The molecule has 0 aliphatic rings. The van der Waals surface area contributed by atoms with E-state index in [1.165, 1.54) is 0 Å². The number of hydrogen-bond donors (Lipinski definition) is 0. The number of aromatic nitrogens is 5. The number of para-hydroxylation sites is 1. The summed E-state index contributed by atoms with van der Waals surface area (Å²) in [6, 6.07) is 13.2. The summed E-state index contributed by atoms with van der Waals surface area (Å²) in [7, 11) is 3.16. The highest BCUT2D eigenvalue weighted by molar-refractivity contribution is 9.10. The summed E-state index contributed by atoms with van der Waals surface area (Å²) in [5.41, 5.74) is 2.92. The van der Waals surface area contributed by atoms with Gasteiger partial charge in [-0.05, 0) is 53.2 Å². The van der Waals surface area contributed by atoms with Gasteiger partial charge in [-0.25, -0.2) is 4.68 Å². The Kier molecular flexibility index (Phi) is 4.82. The van der Waals surface area contributed by atoms with Crippen LogP contribution < -0.4 is 9.47 Å². The summed E-state index contributed by atoms with van der Waals surface area (Å²) >= 11 is 3.53. The van der Waals surface area contributed by atoms with E-state index in [9.17, 15) is 0 Å². The van der Waals surface area contributed by atoms with Gasteiger partial charge >= 0.3 is 0 Å². The molecule has 0 aliphatic carbocycles. The third-order valence-electron chi connectivity index (χ3n) is 4.25. The van der Waals surface area contributed by atoms with Crippen LogP contribution in [0.15, 0.2) is 51.5 Å². The smallest absolute Gasteiger partial charge is 0.280 e. The first-order chi connectivity index (χ1) is 13.6.